The van der Waals surface area contributed by atoms with Crippen LogP contribution in [0.1, 0.15) is 52.2 Å². The van der Waals surface area contributed by atoms with Gasteiger partial charge in [0.1, 0.15) is 0 Å². The fourth-order valence-electron chi connectivity index (χ4n) is 3.25. The molecule has 0 bridgehead atoms. The van der Waals surface area contributed by atoms with Crippen molar-refractivity contribution in [3.05, 3.63) is 69.2 Å². The Bertz CT molecular complexity index is 675. The molecule has 2 aromatic rings. The molecular weight excluding hydrogens is 324 g/mol. The van der Waals surface area contributed by atoms with Gasteiger partial charge in [0.25, 0.3) is 0 Å². The van der Waals surface area contributed by atoms with Crippen LogP contribution in [0.3, 0.4) is 0 Å². The van der Waals surface area contributed by atoms with Gasteiger partial charge in [-0.3, -0.25) is 4.79 Å². The number of benzene rings is 2. The van der Waals surface area contributed by atoms with Crippen LogP contribution in [-0.2, 0) is 6.42 Å². The number of halogens is 1. The van der Waals surface area contributed by atoms with Crippen LogP contribution >= 0.6 is 15.9 Å². The summed E-state index contributed by atoms with van der Waals surface area (Å²) in [4.78, 5) is 12.7. The first-order chi connectivity index (χ1) is 10.1. The summed E-state index contributed by atoms with van der Waals surface area (Å²) in [7, 11) is 0. The van der Waals surface area contributed by atoms with Gasteiger partial charge in [0.2, 0.25) is 0 Å². The third-order valence-electron chi connectivity index (χ3n) is 4.35. The van der Waals surface area contributed by atoms with E-state index in [1.807, 2.05) is 25.1 Å². The largest absolute Gasteiger partial charge is 0.294 e. The van der Waals surface area contributed by atoms with E-state index in [-0.39, 0.29) is 5.78 Å². The average molecular weight is 343 g/mol. The Morgan fingerprint density at radius 1 is 1.24 bits per heavy atom. The molecule has 0 saturated carbocycles. The van der Waals surface area contributed by atoms with E-state index < -0.39 is 0 Å². The van der Waals surface area contributed by atoms with Crippen LogP contribution in [0.2, 0.25) is 0 Å². The molecule has 0 N–H and O–H groups in total. The van der Waals surface area contributed by atoms with E-state index in [4.69, 9.17) is 0 Å². The summed E-state index contributed by atoms with van der Waals surface area (Å²) in [5.41, 5.74) is 4.74. The molecule has 1 aliphatic rings. The highest BCUT2D eigenvalue weighted by molar-refractivity contribution is 9.10. The monoisotopic (exact) mass is 342 g/mol. The Morgan fingerprint density at radius 2 is 2.05 bits per heavy atom. The summed E-state index contributed by atoms with van der Waals surface area (Å²) in [5, 5.41) is 0. The molecule has 21 heavy (non-hydrogen) atoms. The van der Waals surface area contributed by atoms with Crippen molar-refractivity contribution in [2.75, 3.05) is 0 Å². The number of hydrogen-bond donors (Lipinski definition) is 0. The highest BCUT2D eigenvalue weighted by atomic mass is 79.9. The van der Waals surface area contributed by atoms with Gasteiger partial charge in [0, 0.05) is 16.5 Å². The van der Waals surface area contributed by atoms with Crippen LogP contribution in [0.5, 0.6) is 0 Å². The minimum Gasteiger partial charge on any atom is -0.294 e. The molecule has 2 aromatic carbocycles. The lowest BCUT2D eigenvalue weighted by atomic mass is 9.79. The fraction of sp³-hybridized carbons (Fsp3) is 0.316. The fourth-order valence-corrected chi connectivity index (χ4v) is 3.72. The highest BCUT2D eigenvalue weighted by Crippen LogP contribution is 2.35. The maximum absolute atomic E-state index is 12.7. The predicted octanol–water partition coefficient (Wildman–Crippen LogP) is 5.45. The summed E-state index contributed by atoms with van der Waals surface area (Å²) < 4.78 is 0.905. The Balaban J connectivity index is 1.84. The van der Waals surface area contributed by atoms with Gasteiger partial charge in [-0.05, 0) is 55.4 Å². The molecule has 1 nitrogen and oxygen atoms in total. The summed E-state index contributed by atoms with van der Waals surface area (Å²) in [6, 6.07) is 14.6. The first-order valence-corrected chi connectivity index (χ1v) is 8.31. The minimum atomic E-state index is 0.243. The van der Waals surface area contributed by atoms with Crippen LogP contribution in [0.15, 0.2) is 46.9 Å². The molecule has 3 rings (SSSR count). The molecule has 0 amide bonds. The molecule has 0 aromatic heterocycles. The lowest BCUT2D eigenvalue weighted by Crippen LogP contribution is -2.14. The Hall–Kier alpha value is -1.41. The second-order valence-corrected chi connectivity index (χ2v) is 6.75. The Labute approximate surface area is 134 Å². The molecule has 0 fully saturated rings. The van der Waals surface area contributed by atoms with Crippen molar-refractivity contribution in [2.45, 2.75) is 38.5 Å². The van der Waals surface area contributed by atoms with E-state index in [1.54, 1.807) is 0 Å². The number of carbonyl (C=O) groups is 1. The number of fused-ring (bicyclic) bond motifs is 1. The zero-order valence-corrected chi connectivity index (χ0v) is 13.8. The van der Waals surface area contributed by atoms with Crippen molar-refractivity contribution in [2.24, 2.45) is 0 Å². The first kappa shape index (κ1) is 14.5. The van der Waals surface area contributed by atoms with Gasteiger partial charge in [-0.15, -0.1) is 0 Å². The Morgan fingerprint density at radius 3 is 2.90 bits per heavy atom. The van der Waals surface area contributed by atoms with Crippen LogP contribution in [0.4, 0.5) is 0 Å². The summed E-state index contributed by atoms with van der Waals surface area (Å²) in [5.74, 6) is 0.613. The van der Waals surface area contributed by atoms with E-state index in [0.717, 1.165) is 28.4 Å². The van der Waals surface area contributed by atoms with E-state index in [0.29, 0.717) is 12.3 Å². The smallest absolute Gasteiger partial charge is 0.164 e. The summed E-state index contributed by atoms with van der Waals surface area (Å²) >= 11 is 3.51. The zero-order chi connectivity index (χ0) is 14.8. The predicted molar refractivity (Wildman–Crippen MR) is 89.9 cm³/mol. The normalized spacial score (nSPS) is 17.3. The topological polar surface area (TPSA) is 17.1 Å². The van der Waals surface area contributed by atoms with Crippen molar-refractivity contribution >= 4 is 21.7 Å². The van der Waals surface area contributed by atoms with Crippen molar-refractivity contribution < 1.29 is 4.79 Å². The standard InChI is InChI=1S/C19H19BrO/c1-13-9-10-18(20)17(11-13)19(21)12-15-7-4-6-14-5-2-3-8-16(14)15/h2-3,5,8-11,15H,4,6-7,12H2,1H3. The lowest BCUT2D eigenvalue weighted by Gasteiger charge is -2.25. The second kappa shape index (κ2) is 6.15. The molecule has 0 spiro atoms. The third kappa shape index (κ3) is 3.11. The first-order valence-electron chi connectivity index (χ1n) is 7.52. The summed E-state index contributed by atoms with van der Waals surface area (Å²) in [6.07, 6.45) is 4.06. The van der Waals surface area contributed by atoms with Gasteiger partial charge in [-0.1, -0.05) is 51.8 Å². The van der Waals surface area contributed by atoms with Crippen LogP contribution in [-0.4, -0.2) is 5.78 Å². The van der Waals surface area contributed by atoms with Crippen LogP contribution < -0.4 is 0 Å². The Kier molecular flexibility index (Phi) is 4.25. The SMILES string of the molecule is Cc1ccc(Br)c(C(=O)CC2CCCc3ccccc32)c1. The van der Waals surface area contributed by atoms with Gasteiger partial charge in [0.05, 0.1) is 0 Å². The molecule has 108 valence electrons. The van der Waals surface area contributed by atoms with Crippen molar-refractivity contribution in [1.29, 1.82) is 0 Å². The molecule has 1 unspecified atom stereocenters. The number of carbonyl (C=O) groups excluding carboxylic acids is 1. The molecule has 0 aliphatic heterocycles. The molecule has 0 saturated heterocycles. The summed E-state index contributed by atoms with van der Waals surface area (Å²) in [6.45, 7) is 2.03. The minimum absolute atomic E-state index is 0.243. The van der Waals surface area contributed by atoms with Gasteiger partial charge < -0.3 is 0 Å². The molecule has 2 heteroatoms. The van der Waals surface area contributed by atoms with Crippen molar-refractivity contribution in [3.63, 3.8) is 0 Å². The molecular formula is C19H19BrO. The van der Waals surface area contributed by atoms with Crippen molar-refractivity contribution in [3.8, 4) is 0 Å². The zero-order valence-electron chi connectivity index (χ0n) is 12.2. The third-order valence-corrected chi connectivity index (χ3v) is 5.04. The molecule has 1 aliphatic carbocycles. The van der Waals surface area contributed by atoms with E-state index in [9.17, 15) is 4.79 Å². The molecule has 0 radical (unpaired) electrons. The second-order valence-electron chi connectivity index (χ2n) is 5.90. The van der Waals surface area contributed by atoms with Gasteiger partial charge in [-0.2, -0.15) is 0 Å². The van der Waals surface area contributed by atoms with Gasteiger partial charge in [-0.25, -0.2) is 0 Å². The van der Waals surface area contributed by atoms with Crippen molar-refractivity contribution in [1.82, 2.24) is 0 Å². The number of hydrogen-bond acceptors (Lipinski definition) is 1. The van der Waals surface area contributed by atoms with E-state index >= 15 is 0 Å². The number of rotatable bonds is 3. The van der Waals surface area contributed by atoms with Crippen LogP contribution in [0, 0.1) is 6.92 Å². The van der Waals surface area contributed by atoms with E-state index in [2.05, 4.69) is 40.2 Å². The number of Topliss-reactive ketones (excluding diaryl/α,β-unsaturated/α-hetero) is 1. The van der Waals surface area contributed by atoms with E-state index in [1.165, 1.54) is 17.5 Å². The number of aryl methyl sites for hydroxylation is 2. The molecule has 0 heterocycles. The van der Waals surface area contributed by atoms with Gasteiger partial charge in [0.15, 0.2) is 5.78 Å². The average Bonchev–Trinajstić information content (AvgIpc) is 2.50. The maximum atomic E-state index is 12.7. The quantitative estimate of drug-likeness (QED) is 0.677. The maximum Gasteiger partial charge on any atom is 0.164 e. The van der Waals surface area contributed by atoms with Crippen LogP contribution in [0.25, 0.3) is 0 Å². The molecule has 1 atom stereocenters. The highest BCUT2D eigenvalue weighted by Gasteiger charge is 2.23. The lowest BCUT2D eigenvalue weighted by molar-refractivity contribution is 0.0970. The van der Waals surface area contributed by atoms with Gasteiger partial charge >= 0.3 is 0 Å². The number of ketones is 1.